The number of allylic oxidation sites excluding steroid dienone is 1. The minimum Gasteiger partial charge on any atom is -0.466 e. The van der Waals surface area contributed by atoms with Crippen molar-refractivity contribution >= 4 is 17.4 Å². The Hall–Kier alpha value is -2.88. The van der Waals surface area contributed by atoms with Crippen molar-refractivity contribution in [3.8, 4) is 0 Å². The molecule has 0 saturated heterocycles. The van der Waals surface area contributed by atoms with E-state index in [9.17, 15) is 4.79 Å². The third kappa shape index (κ3) is 4.31. The number of ether oxygens (including phenoxy) is 1. The van der Waals surface area contributed by atoms with Gasteiger partial charge in [-0.3, -0.25) is 5.01 Å². The molecule has 0 aliphatic heterocycles. The van der Waals surface area contributed by atoms with E-state index in [4.69, 9.17) is 0 Å². The number of rotatable bonds is 5. The summed E-state index contributed by atoms with van der Waals surface area (Å²) in [4.78, 5) is 11.3. The molecule has 4 heteroatoms. The van der Waals surface area contributed by atoms with Crippen LogP contribution in [-0.4, -0.2) is 25.8 Å². The molecule has 0 saturated carbocycles. The van der Waals surface area contributed by atoms with Crippen LogP contribution in [0.15, 0.2) is 77.9 Å². The van der Waals surface area contributed by atoms with Gasteiger partial charge in [-0.1, -0.05) is 48.5 Å². The predicted octanol–water partition coefficient (Wildman–Crippen LogP) is 3.26. The molecule has 22 heavy (non-hydrogen) atoms. The third-order valence-electron chi connectivity index (χ3n) is 3.04. The topological polar surface area (TPSA) is 41.9 Å². The maximum Gasteiger partial charge on any atom is 0.330 e. The van der Waals surface area contributed by atoms with Gasteiger partial charge in [-0.2, -0.15) is 5.10 Å². The van der Waals surface area contributed by atoms with Crippen molar-refractivity contribution in [1.82, 2.24) is 0 Å². The Morgan fingerprint density at radius 3 is 2.18 bits per heavy atom. The monoisotopic (exact) mass is 294 g/mol. The van der Waals surface area contributed by atoms with Gasteiger partial charge in [0.2, 0.25) is 0 Å². The van der Waals surface area contributed by atoms with Gasteiger partial charge in [0.25, 0.3) is 0 Å². The Balaban J connectivity index is 2.33. The van der Waals surface area contributed by atoms with E-state index in [1.54, 1.807) is 11.1 Å². The first-order valence-corrected chi connectivity index (χ1v) is 6.89. The summed E-state index contributed by atoms with van der Waals surface area (Å²) in [7, 11) is 3.21. The standard InChI is InChI=1S/C18H18N2O2/c1-20(16-11-7-4-8-12-16)19-17(13-14-18(21)22-2)15-9-5-3-6-10-15/h3-14H,1-2H3. The van der Waals surface area contributed by atoms with Crippen molar-refractivity contribution in [2.24, 2.45) is 5.10 Å². The van der Waals surface area contributed by atoms with Gasteiger partial charge >= 0.3 is 5.97 Å². The highest BCUT2D eigenvalue weighted by Gasteiger charge is 2.04. The van der Waals surface area contributed by atoms with E-state index in [1.165, 1.54) is 13.2 Å². The van der Waals surface area contributed by atoms with Crippen LogP contribution in [0, 0.1) is 0 Å². The summed E-state index contributed by atoms with van der Waals surface area (Å²) in [6.07, 6.45) is 3.02. The number of carbonyl (C=O) groups is 1. The van der Waals surface area contributed by atoms with Gasteiger partial charge in [0.1, 0.15) is 0 Å². The van der Waals surface area contributed by atoms with Crippen molar-refractivity contribution < 1.29 is 9.53 Å². The lowest BCUT2D eigenvalue weighted by Gasteiger charge is -2.14. The van der Waals surface area contributed by atoms with Crippen molar-refractivity contribution in [3.05, 3.63) is 78.4 Å². The zero-order chi connectivity index (χ0) is 15.8. The number of methoxy groups -OCH3 is 1. The second kappa shape index (κ2) is 7.78. The quantitative estimate of drug-likeness (QED) is 0.368. The largest absolute Gasteiger partial charge is 0.466 e. The summed E-state index contributed by atoms with van der Waals surface area (Å²) in [5.41, 5.74) is 2.56. The van der Waals surface area contributed by atoms with E-state index in [0.29, 0.717) is 5.71 Å². The molecule has 0 spiro atoms. The predicted molar refractivity (Wildman–Crippen MR) is 89.0 cm³/mol. The highest BCUT2D eigenvalue weighted by Crippen LogP contribution is 2.13. The maximum absolute atomic E-state index is 11.3. The molecule has 0 aliphatic rings. The summed E-state index contributed by atoms with van der Waals surface area (Å²) >= 11 is 0. The molecule has 0 radical (unpaired) electrons. The lowest BCUT2D eigenvalue weighted by molar-refractivity contribution is -0.134. The highest BCUT2D eigenvalue weighted by molar-refractivity contribution is 6.11. The van der Waals surface area contributed by atoms with Gasteiger partial charge < -0.3 is 4.74 Å². The van der Waals surface area contributed by atoms with Gasteiger partial charge in [-0.05, 0) is 18.2 Å². The first-order chi connectivity index (χ1) is 10.7. The number of carbonyl (C=O) groups excluding carboxylic acids is 1. The minimum absolute atomic E-state index is 0.411. The SMILES string of the molecule is COC(=O)C=CC(=NN(C)c1ccccc1)c1ccccc1. The van der Waals surface area contributed by atoms with E-state index in [0.717, 1.165) is 11.3 Å². The molecule has 0 N–H and O–H groups in total. The molecule has 0 amide bonds. The molecular weight excluding hydrogens is 276 g/mol. The van der Waals surface area contributed by atoms with E-state index in [2.05, 4.69) is 9.84 Å². The van der Waals surface area contributed by atoms with Crippen LogP contribution in [0.1, 0.15) is 5.56 Å². The Bertz CT molecular complexity index is 664. The van der Waals surface area contributed by atoms with Gasteiger partial charge in [0.05, 0.1) is 18.5 Å². The molecule has 112 valence electrons. The second-order valence-corrected chi connectivity index (χ2v) is 4.57. The summed E-state index contributed by atoms with van der Waals surface area (Å²) in [5, 5.41) is 6.35. The zero-order valence-corrected chi connectivity index (χ0v) is 12.6. The molecular formula is C18H18N2O2. The maximum atomic E-state index is 11.3. The Labute approximate surface area is 130 Å². The Kier molecular flexibility index (Phi) is 5.49. The Morgan fingerprint density at radius 2 is 1.59 bits per heavy atom. The van der Waals surface area contributed by atoms with Crippen LogP contribution in [-0.2, 0) is 9.53 Å². The van der Waals surface area contributed by atoms with E-state index < -0.39 is 5.97 Å². The summed E-state index contributed by atoms with van der Waals surface area (Å²) in [6.45, 7) is 0. The molecule has 0 aromatic heterocycles. The molecule has 2 aromatic rings. The Morgan fingerprint density at radius 1 is 1.00 bits per heavy atom. The molecule has 0 atom stereocenters. The number of hydrogen-bond donors (Lipinski definition) is 0. The number of nitrogens with zero attached hydrogens (tertiary/aromatic N) is 2. The highest BCUT2D eigenvalue weighted by atomic mass is 16.5. The summed E-state index contributed by atoms with van der Waals surface area (Å²) < 4.78 is 4.63. The third-order valence-corrected chi connectivity index (χ3v) is 3.04. The molecule has 0 bridgehead atoms. The average Bonchev–Trinajstić information content (AvgIpc) is 2.59. The van der Waals surface area contributed by atoms with Crippen LogP contribution >= 0.6 is 0 Å². The molecule has 0 unspecified atom stereocenters. The molecule has 4 nitrogen and oxygen atoms in total. The van der Waals surface area contributed by atoms with Gasteiger partial charge in [-0.15, -0.1) is 0 Å². The van der Waals surface area contributed by atoms with E-state index in [-0.39, 0.29) is 0 Å². The number of esters is 1. The van der Waals surface area contributed by atoms with Crippen LogP contribution in [0.2, 0.25) is 0 Å². The molecule has 2 aromatic carbocycles. The van der Waals surface area contributed by atoms with Crippen LogP contribution in [0.4, 0.5) is 5.69 Å². The van der Waals surface area contributed by atoms with Crippen molar-refractivity contribution in [1.29, 1.82) is 0 Å². The van der Waals surface area contributed by atoms with Crippen LogP contribution in [0.25, 0.3) is 0 Å². The number of para-hydroxylation sites is 1. The fourth-order valence-electron chi connectivity index (χ4n) is 1.87. The van der Waals surface area contributed by atoms with E-state index >= 15 is 0 Å². The lowest BCUT2D eigenvalue weighted by Crippen LogP contribution is -2.13. The van der Waals surface area contributed by atoms with Gasteiger partial charge in [-0.25, -0.2) is 4.79 Å². The zero-order valence-electron chi connectivity index (χ0n) is 12.6. The van der Waals surface area contributed by atoms with Gasteiger partial charge in [0.15, 0.2) is 0 Å². The summed E-state index contributed by atoms with van der Waals surface area (Å²) in [6, 6.07) is 19.5. The van der Waals surface area contributed by atoms with Crippen LogP contribution < -0.4 is 5.01 Å². The first-order valence-electron chi connectivity index (χ1n) is 6.89. The number of hydrazone groups is 1. The number of anilines is 1. The smallest absolute Gasteiger partial charge is 0.330 e. The molecule has 2 rings (SSSR count). The molecule has 0 heterocycles. The number of benzene rings is 2. The lowest BCUT2D eigenvalue weighted by atomic mass is 10.1. The van der Waals surface area contributed by atoms with Gasteiger partial charge in [0, 0.05) is 18.7 Å². The minimum atomic E-state index is -0.411. The molecule has 0 aliphatic carbocycles. The number of hydrogen-bond acceptors (Lipinski definition) is 4. The van der Waals surface area contributed by atoms with Crippen LogP contribution in [0.3, 0.4) is 0 Å². The van der Waals surface area contributed by atoms with Crippen molar-refractivity contribution in [2.75, 3.05) is 19.2 Å². The fraction of sp³-hybridized carbons (Fsp3) is 0.111. The van der Waals surface area contributed by atoms with Crippen molar-refractivity contribution in [3.63, 3.8) is 0 Å². The average molecular weight is 294 g/mol. The fourth-order valence-corrected chi connectivity index (χ4v) is 1.87. The molecule has 0 fully saturated rings. The summed E-state index contributed by atoms with van der Waals surface area (Å²) in [5.74, 6) is -0.411. The second-order valence-electron chi connectivity index (χ2n) is 4.57. The van der Waals surface area contributed by atoms with E-state index in [1.807, 2.05) is 67.7 Å². The normalized spacial score (nSPS) is 11.5. The van der Waals surface area contributed by atoms with Crippen molar-refractivity contribution in [2.45, 2.75) is 0 Å². The van der Waals surface area contributed by atoms with Crippen LogP contribution in [0.5, 0.6) is 0 Å². The first kappa shape index (κ1) is 15.5.